The molecule has 0 unspecified atom stereocenters. The second-order valence-corrected chi connectivity index (χ2v) is 8.20. The Bertz CT molecular complexity index is 1130. The van der Waals surface area contributed by atoms with Gasteiger partial charge in [-0.2, -0.15) is 0 Å². The number of anilines is 1. The van der Waals surface area contributed by atoms with E-state index in [0.717, 1.165) is 25.0 Å². The molecule has 3 rings (SSSR count). The highest BCUT2D eigenvalue weighted by atomic mass is 19.2. The van der Waals surface area contributed by atoms with Crippen LogP contribution in [-0.4, -0.2) is 33.5 Å². The van der Waals surface area contributed by atoms with Crippen molar-refractivity contribution >= 4 is 29.1 Å². The Morgan fingerprint density at radius 2 is 1.66 bits per heavy atom. The summed E-state index contributed by atoms with van der Waals surface area (Å²) in [7, 11) is 1.55. The van der Waals surface area contributed by atoms with Crippen molar-refractivity contribution in [2.75, 3.05) is 5.32 Å². The van der Waals surface area contributed by atoms with Crippen molar-refractivity contribution in [2.45, 2.75) is 52.0 Å². The average molecular weight is 445 g/mol. The van der Waals surface area contributed by atoms with E-state index in [4.69, 9.17) is 0 Å². The van der Waals surface area contributed by atoms with Gasteiger partial charge in [0.1, 0.15) is 0 Å². The number of carbonyl (C=O) groups excluding carboxylic acids is 4. The predicted molar refractivity (Wildman–Crippen MR) is 114 cm³/mol. The summed E-state index contributed by atoms with van der Waals surface area (Å²) in [4.78, 5) is 50.7. The second kappa shape index (κ2) is 8.64. The largest absolute Gasteiger partial charge is 0.344 e. The standard InChI is InChI=1S/C23H25F2N3O4/c1-12-18(21(31)26-15-7-8-16(24)17(25)11-15)13(2)28(4)19(12)20(30)22(32)27-23(14(3)29)9-5-6-10-23/h7-8,11H,5-6,9-10H2,1-4H3,(H,26,31)(H,27,32). The molecule has 1 aromatic heterocycles. The maximum Gasteiger partial charge on any atom is 0.294 e. The highest BCUT2D eigenvalue weighted by molar-refractivity contribution is 6.43. The van der Waals surface area contributed by atoms with Gasteiger partial charge in [0.2, 0.25) is 0 Å². The number of rotatable bonds is 6. The second-order valence-electron chi connectivity index (χ2n) is 8.20. The molecule has 2 N–H and O–H groups in total. The smallest absolute Gasteiger partial charge is 0.294 e. The van der Waals surface area contributed by atoms with E-state index in [2.05, 4.69) is 10.6 Å². The fourth-order valence-corrected chi connectivity index (χ4v) is 4.33. The molecule has 0 atom stereocenters. The number of amides is 2. The molecule has 1 aromatic carbocycles. The van der Waals surface area contributed by atoms with Gasteiger partial charge in [-0.15, -0.1) is 0 Å². The molecular formula is C23H25F2N3O4. The van der Waals surface area contributed by atoms with Crippen LogP contribution in [0.4, 0.5) is 14.5 Å². The van der Waals surface area contributed by atoms with Crippen LogP contribution < -0.4 is 10.6 Å². The van der Waals surface area contributed by atoms with Crippen LogP contribution in [0.3, 0.4) is 0 Å². The zero-order valence-corrected chi connectivity index (χ0v) is 18.4. The number of benzene rings is 1. The number of hydrogen-bond donors (Lipinski definition) is 2. The van der Waals surface area contributed by atoms with Crippen molar-refractivity contribution in [1.82, 2.24) is 9.88 Å². The number of nitrogens with one attached hydrogen (secondary N) is 2. The van der Waals surface area contributed by atoms with Crippen LogP contribution in [-0.2, 0) is 16.6 Å². The summed E-state index contributed by atoms with van der Waals surface area (Å²) in [6, 6.07) is 2.96. The Balaban J connectivity index is 1.88. The van der Waals surface area contributed by atoms with Crippen LogP contribution in [0, 0.1) is 25.5 Å². The fourth-order valence-electron chi connectivity index (χ4n) is 4.33. The first kappa shape index (κ1) is 23.3. The third-order valence-corrected chi connectivity index (χ3v) is 6.24. The van der Waals surface area contributed by atoms with Gasteiger partial charge in [0.05, 0.1) is 16.8 Å². The Kier molecular flexibility index (Phi) is 6.29. The summed E-state index contributed by atoms with van der Waals surface area (Å²) in [5.74, 6) is -4.73. The molecule has 2 amide bonds. The minimum atomic E-state index is -1.11. The Labute approximate surface area is 184 Å². The first-order valence-electron chi connectivity index (χ1n) is 10.3. The fraction of sp³-hybridized carbons (Fsp3) is 0.391. The normalized spacial score (nSPS) is 14.8. The average Bonchev–Trinajstić information content (AvgIpc) is 3.28. The molecule has 1 aliphatic carbocycles. The molecule has 32 heavy (non-hydrogen) atoms. The predicted octanol–water partition coefficient (Wildman–Crippen LogP) is 3.37. The molecule has 0 spiro atoms. The lowest BCUT2D eigenvalue weighted by Crippen LogP contribution is -2.53. The molecule has 1 fully saturated rings. The van der Waals surface area contributed by atoms with Gasteiger partial charge in [-0.1, -0.05) is 12.8 Å². The van der Waals surface area contributed by atoms with E-state index in [1.807, 2.05) is 0 Å². The van der Waals surface area contributed by atoms with E-state index >= 15 is 0 Å². The third kappa shape index (κ3) is 4.06. The van der Waals surface area contributed by atoms with Crippen molar-refractivity contribution in [3.05, 3.63) is 52.3 Å². The van der Waals surface area contributed by atoms with Crippen molar-refractivity contribution in [2.24, 2.45) is 7.05 Å². The van der Waals surface area contributed by atoms with Crippen LogP contribution >= 0.6 is 0 Å². The molecule has 2 aromatic rings. The van der Waals surface area contributed by atoms with Crippen LogP contribution in [0.25, 0.3) is 0 Å². The number of nitrogens with zero attached hydrogens (tertiary/aromatic N) is 1. The van der Waals surface area contributed by atoms with Crippen LogP contribution in [0.5, 0.6) is 0 Å². The van der Waals surface area contributed by atoms with E-state index in [0.29, 0.717) is 18.5 Å². The summed E-state index contributed by atoms with van der Waals surface area (Å²) < 4.78 is 28.0. The molecule has 0 radical (unpaired) electrons. The van der Waals surface area contributed by atoms with Gasteiger partial charge >= 0.3 is 0 Å². The molecule has 0 saturated heterocycles. The molecule has 7 nitrogen and oxygen atoms in total. The van der Waals surface area contributed by atoms with Crippen LogP contribution in [0.15, 0.2) is 18.2 Å². The molecule has 1 aliphatic rings. The molecule has 170 valence electrons. The lowest BCUT2D eigenvalue weighted by atomic mass is 9.92. The lowest BCUT2D eigenvalue weighted by Gasteiger charge is -2.27. The van der Waals surface area contributed by atoms with Gasteiger partial charge < -0.3 is 15.2 Å². The quantitative estimate of drug-likeness (QED) is 0.526. The number of aromatic nitrogens is 1. The summed E-state index contributed by atoms with van der Waals surface area (Å²) in [6.07, 6.45) is 2.53. The maximum atomic E-state index is 13.5. The van der Waals surface area contributed by atoms with Crippen molar-refractivity contribution in [1.29, 1.82) is 0 Å². The number of halogens is 2. The molecule has 0 aliphatic heterocycles. The highest BCUT2D eigenvalue weighted by Crippen LogP contribution is 2.31. The Morgan fingerprint density at radius 3 is 2.22 bits per heavy atom. The SMILES string of the molecule is CC(=O)C1(NC(=O)C(=O)c2c(C)c(C(=O)Nc3ccc(F)c(F)c3)c(C)n2C)CCCC1. The summed E-state index contributed by atoms with van der Waals surface area (Å²) in [5, 5.41) is 5.11. The number of Topliss-reactive ketones (excluding diaryl/α,β-unsaturated/α-hetero) is 2. The summed E-state index contributed by atoms with van der Waals surface area (Å²) >= 11 is 0. The van der Waals surface area contributed by atoms with Gasteiger partial charge in [-0.25, -0.2) is 8.78 Å². The maximum absolute atomic E-state index is 13.5. The van der Waals surface area contributed by atoms with E-state index in [1.54, 1.807) is 14.0 Å². The first-order valence-corrected chi connectivity index (χ1v) is 10.3. The number of hydrogen-bond acceptors (Lipinski definition) is 4. The molecule has 1 heterocycles. The Hall–Kier alpha value is -3.36. The third-order valence-electron chi connectivity index (χ3n) is 6.24. The minimum absolute atomic E-state index is 0.0205. The van der Waals surface area contributed by atoms with Crippen LogP contribution in [0.1, 0.15) is 64.7 Å². The van der Waals surface area contributed by atoms with Crippen molar-refractivity contribution in [3.63, 3.8) is 0 Å². The van der Waals surface area contributed by atoms with Crippen LogP contribution in [0.2, 0.25) is 0 Å². The first-order chi connectivity index (χ1) is 15.0. The van der Waals surface area contributed by atoms with E-state index in [1.165, 1.54) is 24.5 Å². The monoisotopic (exact) mass is 445 g/mol. The van der Waals surface area contributed by atoms with E-state index < -0.39 is 34.8 Å². The zero-order chi connectivity index (χ0) is 23.8. The number of ketones is 2. The van der Waals surface area contributed by atoms with Gasteiger partial charge in [0.15, 0.2) is 17.4 Å². The topological polar surface area (TPSA) is 97.3 Å². The molecular weight excluding hydrogens is 420 g/mol. The molecule has 9 heteroatoms. The molecule has 0 bridgehead atoms. The minimum Gasteiger partial charge on any atom is -0.344 e. The summed E-state index contributed by atoms with van der Waals surface area (Å²) in [5.41, 5.74) is -0.128. The number of carbonyl (C=O) groups is 4. The van der Waals surface area contributed by atoms with Gasteiger partial charge in [-0.05, 0) is 51.3 Å². The van der Waals surface area contributed by atoms with E-state index in [-0.39, 0.29) is 28.3 Å². The van der Waals surface area contributed by atoms with Gasteiger partial charge in [-0.3, -0.25) is 19.2 Å². The molecule has 1 saturated carbocycles. The zero-order valence-electron chi connectivity index (χ0n) is 18.4. The van der Waals surface area contributed by atoms with Crippen molar-refractivity contribution < 1.29 is 28.0 Å². The lowest BCUT2D eigenvalue weighted by molar-refractivity contribution is -0.128. The van der Waals surface area contributed by atoms with Gasteiger partial charge in [0.25, 0.3) is 17.6 Å². The van der Waals surface area contributed by atoms with Crippen molar-refractivity contribution in [3.8, 4) is 0 Å². The van der Waals surface area contributed by atoms with E-state index in [9.17, 15) is 28.0 Å². The highest BCUT2D eigenvalue weighted by Gasteiger charge is 2.41. The van der Waals surface area contributed by atoms with Gasteiger partial charge in [0, 0.05) is 24.5 Å². The summed E-state index contributed by atoms with van der Waals surface area (Å²) in [6.45, 7) is 4.54. The Morgan fingerprint density at radius 1 is 1.03 bits per heavy atom.